The van der Waals surface area contributed by atoms with E-state index in [-0.39, 0.29) is 28.4 Å². The zero-order valence-corrected chi connectivity index (χ0v) is 23.4. The van der Waals surface area contributed by atoms with Crippen LogP contribution in [-0.2, 0) is 9.47 Å². The molecule has 0 aliphatic carbocycles. The maximum absolute atomic E-state index is 13.7. The van der Waals surface area contributed by atoms with Crippen LogP contribution in [0, 0.1) is 0 Å². The van der Waals surface area contributed by atoms with Crippen molar-refractivity contribution >= 4 is 11.0 Å². The highest BCUT2D eigenvalue weighted by atomic mass is 16.7. The van der Waals surface area contributed by atoms with Crippen molar-refractivity contribution in [2.75, 3.05) is 20.3 Å². The number of hydrogen-bond acceptors (Lipinski definition) is 17. The maximum Gasteiger partial charge on any atom is 0.239 e. The van der Waals surface area contributed by atoms with Gasteiger partial charge in [0.2, 0.25) is 23.8 Å². The third-order valence-electron chi connectivity index (χ3n) is 7.52. The molecule has 246 valence electrons. The van der Waals surface area contributed by atoms with Crippen LogP contribution < -0.4 is 19.6 Å². The van der Waals surface area contributed by atoms with Crippen molar-refractivity contribution in [2.45, 2.75) is 61.4 Å². The fraction of sp³-hybridized carbons (Fsp3) is 0.464. The van der Waals surface area contributed by atoms with E-state index in [2.05, 4.69) is 0 Å². The second-order valence-electron chi connectivity index (χ2n) is 10.4. The molecule has 17 heteroatoms. The monoisotopic (exact) mass is 640 g/mol. The second-order valence-corrected chi connectivity index (χ2v) is 10.4. The van der Waals surface area contributed by atoms with Crippen LogP contribution in [0.5, 0.6) is 28.7 Å². The number of hydrogen-bond donors (Lipinski definition) is 10. The van der Waals surface area contributed by atoms with Gasteiger partial charge in [0.25, 0.3) is 0 Å². The normalized spacial score (nSPS) is 31.9. The van der Waals surface area contributed by atoms with Gasteiger partial charge in [0, 0.05) is 17.7 Å². The third kappa shape index (κ3) is 5.98. The minimum Gasteiger partial charge on any atom is -0.508 e. The molecule has 10 atom stereocenters. The van der Waals surface area contributed by atoms with Gasteiger partial charge in [-0.05, 0) is 18.2 Å². The summed E-state index contributed by atoms with van der Waals surface area (Å²) in [6, 6.07) is 5.83. The van der Waals surface area contributed by atoms with Crippen molar-refractivity contribution in [3.05, 3.63) is 40.6 Å². The number of benzene rings is 2. The summed E-state index contributed by atoms with van der Waals surface area (Å²) in [6.45, 7) is -1.47. The van der Waals surface area contributed by atoms with E-state index < -0.39 is 103 Å². The molecule has 0 spiro atoms. The molecule has 2 fully saturated rings. The van der Waals surface area contributed by atoms with Crippen LogP contribution in [0.25, 0.3) is 22.3 Å². The number of rotatable bonds is 8. The molecule has 2 saturated heterocycles. The van der Waals surface area contributed by atoms with E-state index in [4.69, 9.17) is 28.1 Å². The Morgan fingerprint density at radius 1 is 0.733 bits per heavy atom. The first-order valence-corrected chi connectivity index (χ1v) is 13.6. The fourth-order valence-electron chi connectivity index (χ4n) is 5.04. The first kappa shape index (κ1) is 32.6. The van der Waals surface area contributed by atoms with Crippen LogP contribution in [0.2, 0.25) is 0 Å². The highest BCUT2D eigenvalue weighted by Crippen LogP contribution is 2.40. The van der Waals surface area contributed by atoms with Crippen LogP contribution in [0.15, 0.2) is 39.5 Å². The quantitative estimate of drug-likeness (QED) is 0.119. The average molecular weight is 641 g/mol. The Morgan fingerprint density at radius 3 is 1.87 bits per heavy atom. The molecule has 0 radical (unpaired) electrons. The van der Waals surface area contributed by atoms with Crippen LogP contribution in [0.3, 0.4) is 0 Å². The van der Waals surface area contributed by atoms with Crippen LogP contribution >= 0.6 is 0 Å². The van der Waals surface area contributed by atoms with E-state index in [0.29, 0.717) is 0 Å². The zero-order chi connectivity index (χ0) is 32.7. The van der Waals surface area contributed by atoms with Crippen molar-refractivity contribution in [1.29, 1.82) is 0 Å². The summed E-state index contributed by atoms with van der Waals surface area (Å²) in [5, 5.41) is 100. The van der Waals surface area contributed by atoms with Crippen molar-refractivity contribution in [3.8, 4) is 40.1 Å². The molecule has 10 N–H and O–H groups in total. The summed E-state index contributed by atoms with van der Waals surface area (Å²) in [6.07, 6.45) is -16.6. The van der Waals surface area contributed by atoms with Gasteiger partial charge in [-0.2, -0.15) is 0 Å². The number of aliphatic hydroxyl groups is 8. The van der Waals surface area contributed by atoms with Gasteiger partial charge < -0.3 is 79.2 Å². The van der Waals surface area contributed by atoms with Crippen LogP contribution in [0.4, 0.5) is 0 Å². The number of methoxy groups -OCH3 is 1. The van der Waals surface area contributed by atoms with E-state index >= 15 is 0 Å². The molecule has 0 amide bonds. The largest absolute Gasteiger partial charge is 0.508 e. The molecule has 45 heavy (non-hydrogen) atoms. The van der Waals surface area contributed by atoms with Gasteiger partial charge >= 0.3 is 0 Å². The molecule has 0 bridgehead atoms. The molecule has 2 aromatic carbocycles. The lowest BCUT2D eigenvalue weighted by molar-refractivity contribution is -0.277. The molecule has 3 aromatic rings. The Bertz CT molecular complexity index is 1570. The first-order chi connectivity index (χ1) is 21.4. The molecule has 0 saturated carbocycles. The maximum atomic E-state index is 13.7. The SMILES string of the molecule is COc1cc(-c2oc3cc(O)cc(O)c3c(=O)c2O[C@H]2O[C@@H](CO)[C@@H](O)[C@@H](O)[C@H]2O)ccc1O[C@H]1O[C@@H](CO)[C@@H](O)[C@@H](O)[C@H]1O. The minimum atomic E-state index is -1.91. The number of ether oxygens (including phenoxy) is 5. The molecule has 1 aromatic heterocycles. The van der Waals surface area contributed by atoms with E-state index in [1.807, 2.05) is 0 Å². The van der Waals surface area contributed by atoms with E-state index in [1.54, 1.807) is 0 Å². The number of aliphatic hydroxyl groups excluding tert-OH is 8. The Balaban J connectivity index is 1.58. The Labute approximate surface area is 252 Å². The molecule has 17 nitrogen and oxygen atoms in total. The summed E-state index contributed by atoms with van der Waals surface area (Å²) in [5.41, 5.74) is -1.23. The Hall–Kier alpha value is -3.75. The summed E-state index contributed by atoms with van der Waals surface area (Å²) in [7, 11) is 1.25. The summed E-state index contributed by atoms with van der Waals surface area (Å²) >= 11 is 0. The van der Waals surface area contributed by atoms with Gasteiger partial charge in [-0.15, -0.1) is 0 Å². The van der Waals surface area contributed by atoms with Crippen LogP contribution in [-0.4, -0.2) is 133 Å². The number of phenols is 2. The molecular weight excluding hydrogens is 608 g/mol. The summed E-state index contributed by atoms with van der Waals surface area (Å²) in [5.74, 6) is -2.25. The molecule has 0 unspecified atom stereocenters. The summed E-state index contributed by atoms with van der Waals surface area (Å²) < 4.78 is 33.4. The third-order valence-corrected chi connectivity index (χ3v) is 7.52. The Morgan fingerprint density at radius 2 is 1.31 bits per heavy atom. The van der Waals surface area contributed by atoms with Crippen molar-refractivity contribution in [1.82, 2.24) is 0 Å². The van der Waals surface area contributed by atoms with E-state index in [9.17, 15) is 55.9 Å². The molecule has 2 aliphatic rings. The van der Waals surface area contributed by atoms with Gasteiger partial charge in [0.15, 0.2) is 17.3 Å². The second kappa shape index (κ2) is 12.9. The predicted molar refractivity (Wildman–Crippen MR) is 147 cm³/mol. The van der Waals surface area contributed by atoms with Crippen molar-refractivity contribution in [3.63, 3.8) is 0 Å². The molecule has 5 rings (SSSR count). The van der Waals surface area contributed by atoms with Gasteiger partial charge in [-0.3, -0.25) is 4.79 Å². The topological polar surface area (TPSA) is 279 Å². The lowest BCUT2D eigenvalue weighted by atomic mass is 9.99. The van der Waals surface area contributed by atoms with Gasteiger partial charge in [0.05, 0.1) is 20.3 Å². The average Bonchev–Trinajstić information content (AvgIpc) is 3.02. The van der Waals surface area contributed by atoms with E-state index in [0.717, 1.165) is 12.1 Å². The van der Waals surface area contributed by atoms with Gasteiger partial charge in [0.1, 0.15) is 71.3 Å². The molecule has 3 heterocycles. The zero-order valence-electron chi connectivity index (χ0n) is 23.4. The first-order valence-electron chi connectivity index (χ1n) is 13.6. The minimum absolute atomic E-state index is 0.0504. The Kier molecular flexibility index (Phi) is 9.38. The highest BCUT2D eigenvalue weighted by molar-refractivity contribution is 5.88. The highest BCUT2D eigenvalue weighted by Gasteiger charge is 2.46. The van der Waals surface area contributed by atoms with Gasteiger partial charge in [-0.25, -0.2) is 0 Å². The number of aromatic hydroxyl groups is 2. The van der Waals surface area contributed by atoms with Crippen molar-refractivity contribution < 1.29 is 79.2 Å². The smallest absolute Gasteiger partial charge is 0.239 e. The molecule has 2 aliphatic heterocycles. The summed E-state index contributed by atoms with van der Waals surface area (Å²) in [4.78, 5) is 13.7. The number of phenolic OH excluding ortho intramolecular Hbond substituents is 2. The predicted octanol–water partition coefficient (Wildman–Crippen LogP) is -2.76. The van der Waals surface area contributed by atoms with E-state index in [1.165, 1.54) is 25.3 Å². The fourth-order valence-corrected chi connectivity index (χ4v) is 5.04. The number of fused-ring (bicyclic) bond motifs is 1. The van der Waals surface area contributed by atoms with Crippen molar-refractivity contribution in [2.24, 2.45) is 0 Å². The van der Waals surface area contributed by atoms with Gasteiger partial charge in [-0.1, -0.05) is 0 Å². The molecular formula is C28H32O17. The lowest BCUT2D eigenvalue weighted by Crippen LogP contribution is -2.60. The van der Waals surface area contributed by atoms with Crippen LogP contribution in [0.1, 0.15) is 0 Å². The lowest BCUT2D eigenvalue weighted by Gasteiger charge is -2.39. The standard InChI is InChI=1S/C28H32O17/c1-40-13-4-9(2-3-12(13)42-27-23(38)21(36)18(33)15(7-29)43-27)25-26(20(35)17-11(32)5-10(31)6-14(17)41-25)45-28-24(39)22(37)19(34)16(8-30)44-28/h2-6,15-16,18-19,21-24,27-34,36-39H,7-8H2,1H3/t15-,16-,18+,19+,21+,22+,23+,24+,27-,28+/m0/s1.